The average molecular weight is 337 g/mol. The Morgan fingerprint density at radius 3 is 2.70 bits per heavy atom. The molecule has 7 nitrogen and oxygen atoms in total. The third-order valence-electron chi connectivity index (χ3n) is 2.90. The zero-order valence-electron chi connectivity index (χ0n) is 11.9. The van der Waals surface area contributed by atoms with Gasteiger partial charge in [-0.2, -0.15) is 4.39 Å². The number of nitro groups is 1. The summed E-state index contributed by atoms with van der Waals surface area (Å²) in [6, 6.07) is 5.47. The van der Waals surface area contributed by atoms with Crippen molar-refractivity contribution in [1.82, 2.24) is 5.32 Å². The Morgan fingerprint density at radius 1 is 1.35 bits per heavy atom. The molecule has 1 atom stereocenters. The van der Waals surface area contributed by atoms with E-state index in [1.807, 2.05) is 0 Å². The Bertz CT molecular complexity index is 748. The highest BCUT2D eigenvalue weighted by Crippen LogP contribution is 2.21. The van der Waals surface area contributed by atoms with E-state index in [4.69, 9.17) is 0 Å². The van der Waals surface area contributed by atoms with Crippen LogP contribution in [0.3, 0.4) is 0 Å². The van der Waals surface area contributed by atoms with Crippen LogP contribution >= 0.6 is 11.3 Å². The monoisotopic (exact) mass is 337 g/mol. The molecule has 2 aromatic rings. The third kappa shape index (κ3) is 4.10. The average Bonchev–Trinajstić information content (AvgIpc) is 3.03. The zero-order valence-corrected chi connectivity index (χ0v) is 12.7. The van der Waals surface area contributed by atoms with Crippen LogP contribution in [-0.2, 0) is 4.79 Å². The van der Waals surface area contributed by atoms with Gasteiger partial charge in [0.2, 0.25) is 11.7 Å². The fourth-order valence-corrected chi connectivity index (χ4v) is 2.35. The SMILES string of the molecule is CC(NC(=O)c1cccs1)C(=O)Nc1ccc(F)c([N+](=O)[O-])c1. The molecule has 1 heterocycles. The van der Waals surface area contributed by atoms with E-state index >= 15 is 0 Å². The van der Waals surface area contributed by atoms with Gasteiger partial charge in [0.05, 0.1) is 9.80 Å². The molecule has 2 rings (SSSR count). The highest BCUT2D eigenvalue weighted by atomic mass is 32.1. The number of halogens is 1. The van der Waals surface area contributed by atoms with Crippen LogP contribution in [0.15, 0.2) is 35.7 Å². The number of carbonyl (C=O) groups is 2. The molecule has 23 heavy (non-hydrogen) atoms. The normalized spacial score (nSPS) is 11.6. The molecular weight excluding hydrogens is 325 g/mol. The van der Waals surface area contributed by atoms with Crippen LogP contribution in [0, 0.1) is 15.9 Å². The number of amides is 2. The molecule has 1 aromatic heterocycles. The number of nitro benzene ring substituents is 1. The molecular formula is C14H12FN3O4S. The number of nitrogens with zero attached hydrogens (tertiary/aromatic N) is 1. The number of benzene rings is 1. The Hall–Kier alpha value is -2.81. The van der Waals surface area contributed by atoms with Gasteiger partial charge in [-0.1, -0.05) is 6.07 Å². The van der Waals surface area contributed by atoms with Crippen LogP contribution < -0.4 is 10.6 Å². The quantitative estimate of drug-likeness (QED) is 0.646. The Kier molecular flexibility index (Phi) is 5.02. The maximum absolute atomic E-state index is 13.2. The summed E-state index contributed by atoms with van der Waals surface area (Å²) in [7, 11) is 0. The topological polar surface area (TPSA) is 101 Å². The molecule has 0 spiro atoms. The molecule has 120 valence electrons. The van der Waals surface area contributed by atoms with E-state index in [1.165, 1.54) is 24.3 Å². The van der Waals surface area contributed by atoms with Gasteiger partial charge in [-0.25, -0.2) is 0 Å². The second kappa shape index (κ2) is 6.97. The second-order valence-electron chi connectivity index (χ2n) is 4.59. The molecule has 0 radical (unpaired) electrons. The molecule has 0 fully saturated rings. The van der Waals surface area contributed by atoms with E-state index in [-0.39, 0.29) is 5.69 Å². The van der Waals surface area contributed by atoms with Crippen LogP contribution in [0.2, 0.25) is 0 Å². The van der Waals surface area contributed by atoms with Crippen LogP contribution in [-0.4, -0.2) is 22.8 Å². The Morgan fingerprint density at radius 2 is 2.09 bits per heavy atom. The van der Waals surface area contributed by atoms with Gasteiger partial charge in [-0.05, 0) is 30.5 Å². The minimum atomic E-state index is -0.993. The maximum Gasteiger partial charge on any atom is 0.306 e. The Labute approximate surface area is 134 Å². The third-order valence-corrected chi connectivity index (χ3v) is 3.76. The molecule has 2 amide bonds. The highest BCUT2D eigenvalue weighted by molar-refractivity contribution is 7.12. The molecule has 1 aromatic carbocycles. The van der Waals surface area contributed by atoms with Crippen LogP contribution in [0.4, 0.5) is 15.8 Å². The summed E-state index contributed by atoms with van der Waals surface area (Å²) in [5, 5.41) is 17.3. The molecule has 9 heteroatoms. The maximum atomic E-state index is 13.2. The lowest BCUT2D eigenvalue weighted by Crippen LogP contribution is -2.41. The minimum absolute atomic E-state index is 0.0697. The largest absolute Gasteiger partial charge is 0.340 e. The van der Waals surface area contributed by atoms with Crippen molar-refractivity contribution in [2.45, 2.75) is 13.0 Å². The fourth-order valence-electron chi connectivity index (χ4n) is 1.72. The van der Waals surface area contributed by atoms with Gasteiger partial charge in [-0.3, -0.25) is 19.7 Å². The van der Waals surface area contributed by atoms with Gasteiger partial charge in [-0.15, -0.1) is 11.3 Å². The summed E-state index contributed by atoms with van der Waals surface area (Å²) in [5.74, 6) is -1.96. The molecule has 0 aliphatic heterocycles. The number of thiophene rings is 1. The van der Waals surface area contributed by atoms with E-state index in [9.17, 15) is 24.1 Å². The van der Waals surface area contributed by atoms with Gasteiger partial charge in [0.1, 0.15) is 6.04 Å². The number of hydrogen-bond acceptors (Lipinski definition) is 5. The van der Waals surface area contributed by atoms with Crippen molar-refractivity contribution in [1.29, 1.82) is 0 Å². The van der Waals surface area contributed by atoms with Gasteiger partial charge < -0.3 is 10.6 Å². The van der Waals surface area contributed by atoms with Crippen molar-refractivity contribution in [2.75, 3.05) is 5.32 Å². The van der Waals surface area contributed by atoms with Crippen LogP contribution in [0.25, 0.3) is 0 Å². The lowest BCUT2D eigenvalue weighted by atomic mass is 10.2. The summed E-state index contributed by atoms with van der Waals surface area (Å²) in [4.78, 5) is 34.1. The van der Waals surface area contributed by atoms with Gasteiger partial charge in [0, 0.05) is 11.8 Å². The van der Waals surface area contributed by atoms with Crippen molar-refractivity contribution in [3.63, 3.8) is 0 Å². The molecule has 0 saturated heterocycles. The number of anilines is 1. The number of nitrogens with one attached hydrogen (secondary N) is 2. The van der Waals surface area contributed by atoms with Gasteiger partial charge in [0.25, 0.3) is 5.91 Å². The van der Waals surface area contributed by atoms with Crippen LogP contribution in [0.1, 0.15) is 16.6 Å². The van der Waals surface area contributed by atoms with E-state index in [2.05, 4.69) is 10.6 Å². The predicted molar refractivity (Wildman–Crippen MR) is 82.9 cm³/mol. The number of rotatable bonds is 5. The van der Waals surface area contributed by atoms with E-state index in [1.54, 1.807) is 17.5 Å². The smallest absolute Gasteiger partial charge is 0.306 e. The van der Waals surface area contributed by atoms with E-state index in [0.29, 0.717) is 4.88 Å². The second-order valence-corrected chi connectivity index (χ2v) is 5.53. The first kappa shape index (κ1) is 16.6. The first-order chi connectivity index (χ1) is 10.9. The van der Waals surface area contributed by atoms with Gasteiger partial charge >= 0.3 is 5.69 Å². The molecule has 0 bridgehead atoms. The fraction of sp³-hybridized carbons (Fsp3) is 0.143. The van der Waals surface area contributed by atoms with Gasteiger partial charge in [0.15, 0.2) is 0 Å². The standard InChI is InChI=1S/C14H12FN3O4S/c1-8(16-14(20)12-3-2-6-23-12)13(19)17-9-4-5-10(15)11(7-9)18(21)22/h2-8H,1H3,(H,16,20)(H,17,19). The first-order valence-electron chi connectivity index (χ1n) is 6.47. The molecule has 0 saturated carbocycles. The van der Waals surface area contributed by atoms with Crippen molar-refractivity contribution in [3.05, 3.63) is 56.5 Å². The lowest BCUT2D eigenvalue weighted by Gasteiger charge is -2.13. The van der Waals surface area contributed by atoms with Crippen molar-refractivity contribution < 1.29 is 18.9 Å². The summed E-state index contributed by atoms with van der Waals surface area (Å²) < 4.78 is 13.2. The summed E-state index contributed by atoms with van der Waals surface area (Å²) in [6.45, 7) is 1.47. The lowest BCUT2D eigenvalue weighted by molar-refractivity contribution is -0.387. The van der Waals surface area contributed by atoms with Crippen molar-refractivity contribution in [2.24, 2.45) is 0 Å². The van der Waals surface area contributed by atoms with Crippen molar-refractivity contribution >= 4 is 34.5 Å². The molecule has 1 unspecified atom stereocenters. The number of carbonyl (C=O) groups excluding carboxylic acids is 2. The zero-order chi connectivity index (χ0) is 17.0. The predicted octanol–water partition coefficient (Wildman–Crippen LogP) is 2.55. The number of hydrogen-bond donors (Lipinski definition) is 2. The molecule has 0 aliphatic rings. The van der Waals surface area contributed by atoms with Crippen molar-refractivity contribution in [3.8, 4) is 0 Å². The minimum Gasteiger partial charge on any atom is -0.340 e. The highest BCUT2D eigenvalue weighted by Gasteiger charge is 2.19. The van der Waals surface area contributed by atoms with Crippen LogP contribution in [0.5, 0.6) is 0 Å². The summed E-state index contributed by atoms with van der Waals surface area (Å²) in [6.07, 6.45) is 0. The van der Waals surface area contributed by atoms with E-state index in [0.717, 1.165) is 12.1 Å². The van der Waals surface area contributed by atoms with E-state index < -0.39 is 34.3 Å². The summed E-state index contributed by atoms with van der Waals surface area (Å²) in [5.41, 5.74) is -0.668. The first-order valence-corrected chi connectivity index (χ1v) is 7.35. The summed E-state index contributed by atoms with van der Waals surface area (Å²) >= 11 is 1.24. The molecule has 0 aliphatic carbocycles. The molecule has 2 N–H and O–H groups in total. The Balaban J connectivity index is 2.02.